The lowest BCUT2D eigenvalue weighted by molar-refractivity contribution is -0.124. The highest BCUT2D eigenvalue weighted by molar-refractivity contribution is 6.22. The zero-order valence-corrected chi connectivity index (χ0v) is 11.8. The molecule has 4 atom stereocenters. The summed E-state index contributed by atoms with van der Waals surface area (Å²) in [6.07, 6.45) is 6.03. The molecular weight excluding hydrogens is 269 g/mol. The van der Waals surface area contributed by atoms with E-state index in [0.717, 1.165) is 23.3 Å². The number of hydrogen-bond donors (Lipinski definition) is 0. The molecule has 3 aliphatic carbocycles. The van der Waals surface area contributed by atoms with Crippen LogP contribution in [0.15, 0.2) is 30.4 Å². The standard InChI is InChI=1S/C17H16FNO2/c1-9-2-7-12(18)13(8-9)19-16(20)14-10-3-4-11(6-5-10)15(14)17(19)21/h2-4,7-8,10-11,14-15H,5-6H2,1H3/t10-,11-,14-,15+/m0/s1. The van der Waals surface area contributed by atoms with Crippen LogP contribution in [-0.2, 0) is 9.59 Å². The van der Waals surface area contributed by atoms with Crippen LogP contribution in [0.25, 0.3) is 0 Å². The van der Waals surface area contributed by atoms with Crippen LogP contribution < -0.4 is 4.90 Å². The van der Waals surface area contributed by atoms with Crippen LogP contribution in [0.5, 0.6) is 0 Å². The van der Waals surface area contributed by atoms with E-state index < -0.39 is 5.82 Å². The van der Waals surface area contributed by atoms with E-state index in [1.165, 1.54) is 6.07 Å². The average Bonchev–Trinajstić information content (AvgIpc) is 2.77. The number of hydrogen-bond acceptors (Lipinski definition) is 2. The first-order chi connectivity index (χ1) is 10.1. The van der Waals surface area contributed by atoms with E-state index in [-0.39, 0.29) is 41.2 Å². The van der Waals surface area contributed by atoms with Crippen molar-refractivity contribution < 1.29 is 14.0 Å². The van der Waals surface area contributed by atoms with Crippen molar-refractivity contribution in [1.82, 2.24) is 0 Å². The number of carbonyl (C=O) groups is 2. The minimum Gasteiger partial charge on any atom is -0.274 e. The Balaban J connectivity index is 1.80. The van der Waals surface area contributed by atoms with Gasteiger partial charge in [-0.05, 0) is 49.3 Å². The summed E-state index contributed by atoms with van der Waals surface area (Å²) < 4.78 is 14.1. The first-order valence-corrected chi connectivity index (χ1v) is 7.40. The second kappa shape index (κ2) is 4.26. The van der Waals surface area contributed by atoms with Crippen molar-refractivity contribution in [3.8, 4) is 0 Å². The van der Waals surface area contributed by atoms with E-state index in [1.807, 2.05) is 6.92 Å². The maximum Gasteiger partial charge on any atom is 0.238 e. The normalized spacial score (nSPS) is 33.7. The zero-order chi connectivity index (χ0) is 14.7. The Kier molecular flexibility index (Phi) is 2.59. The van der Waals surface area contributed by atoms with Crippen LogP contribution in [0.3, 0.4) is 0 Å². The van der Waals surface area contributed by atoms with Crippen LogP contribution in [0.2, 0.25) is 0 Å². The maximum atomic E-state index is 14.1. The number of allylic oxidation sites excluding steroid dienone is 2. The van der Waals surface area contributed by atoms with Gasteiger partial charge in [-0.2, -0.15) is 0 Å². The number of aryl methyl sites for hydroxylation is 1. The van der Waals surface area contributed by atoms with Crippen LogP contribution in [-0.4, -0.2) is 11.8 Å². The molecule has 2 bridgehead atoms. The molecule has 0 N–H and O–H groups in total. The third kappa shape index (κ3) is 1.65. The van der Waals surface area contributed by atoms with E-state index in [1.54, 1.807) is 12.1 Å². The minimum absolute atomic E-state index is 0.110. The zero-order valence-electron chi connectivity index (χ0n) is 11.8. The Labute approximate surface area is 122 Å². The molecule has 2 fully saturated rings. The molecule has 4 aliphatic rings. The van der Waals surface area contributed by atoms with Crippen LogP contribution in [0.4, 0.5) is 10.1 Å². The molecule has 1 saturated heterocycles. The summed E-state index contributed by atoms with van der Waals surface area (Å²) in [7, 11) is 0. The van der Waals surface area contributed by atoms with Gasteiger partial charge in [-0.3, -0.25) is 9.59 Å². The highest BCUT2D eigenvalue weighted by Crippen LogP contribution is 2.50. The van der Waals surface area contributed by atoms with Gasteiger partial charge in [-0.1, -0.05) is 18.2 Å². The molecule has 0 radical (unpaired) electrons. The minimum atomic E-state index is -0.513. The highest BCUT2D eigenvalue weighted by Gasteiger charge is 2.57. The van der Waals surface area contributed by atoms with E-state index in [2.05, 4.69) is 12.2 Å². The average molecular weight is 285 g/mol. The van der Waals surface area contributed by atoms with Gasteiger partial charge in [0.2, 0.25) is 11.8 Å². The van der Waals surface area contributed by atoms with Crippen molar-refractivity contribution in [2.45, 2.75) is 19.8 Å². The molecule has 21 heavy (non-hydrogen) atoms. The molecule has 1 heterocycles. The molecule has 0 unspecified atom stereocenters. The Morgan fingerprint density at radius 3 is 2.14 bits per heavy atom. The number of fused-ring (bicyclic) bond motifs is 1. The quantitative estimate of drug-likeness (QED) is 0.588. The summed E-state index contributed by atoms with van der Waals surface area (Å²) in [5.41, 5.74) is 0.946. The van der Waals surface area contributed by atoms with Crippen molar-refractivity contribution >= 4 is 17.5 Å². The summed E-state index contributed by atoms with van der Waals surface area (Å²) in [5, 5.41) is 0. The van der Waals surface area contributed by atoms with Crippen molar-refractivity contribution in [3.05, 3.63) is 41.7 Å². The van der Waals surface area contributed by atoms with Crippen LogP contribution in [0, 0.1) is 36.4 Å². The van der Waals surface area contributed by atoms with Gasteiger partial charge >= 0.3 is 0 Å². The topological polar surface area (TPSA) is 37.4 Å². The molecule has 0 aromatic heterocycles. The smallest absolute Gasteiger partial charge is 0.238 e. The van der Waals surface area contributed by atoms with Gasteiger partial charge in [0.25, 0.3) is 0 Å². The van der Waals surface area contributed by atoms with E-state index in [9.17, 15) is 14.0 Å². The fourth-order valence-corrected chi connectivity index (χ4v) is 4.11. The summed E-state index contributed by atoms with van der Waals surface area (Å²) in [6, 6.07) is 4.54. The largest absolute Gasteiger partial charge is 0.274 e. The third-order valence-electron chi connectivity index (χ3n) is 5.10. The second-order valence-electron chi connectivity index (χ2n) is 6.31. The number of rotatable bonds is 1. The Morgan fingerprint density at radius 2 is 1.62 bits per heavy atom. The second-order valence-corrected chi connectivity index (χ2v) is 6.31. The van der Waals surface area contributed by atoms with Gasteiger partial charge in [0.15, 0.2) is 0 Å². The third-order valence-corrected chi connectivity index (χ3v) is 5.10. The summed E-state index contributed by atoms with van der Waals surface area (Å²) in [5.74, 6) is -1.28. The Bertz CT molecular complexity index is 649. The van der Waals surface area contributed by atoms with E-state index in [4.69, 9.17) is 0 Å². The molecule has 2 amide bonds. The number of halogens is 1. The molecular formula is C17H16FNO2. The fraction of sp³-hybridized carbons (Fsp3) is 0.412. The number of amides is 2. The monoisotopic (exact) mass is 285 g/mol. The number of benzene rings is 1. The molecule has 0 spiro atoms. The number of nitrogens with zero attached hydrogens (tertiary/aromatic N) is 1. The fourth-order valence-electron chi connectivity index (χ4n) is 4.11. The number of imide groups is 1. The first kappa shape index (κ1) is 12.7. The van der Waals surface area contributed by atoms with Gasteiger partial charge in [-0.15, -0.1) is 0 Å². The van der Waals surface area contributed by atoms with Crippen molar-refractivity contribution in [1.29, 1.82) is 0 Å². The number of anilines is 1. The van der Waals surface area contributed by atoms with Gasteiger partial charge in [0, 0.05) is 0 Å². The molecule has 1 aromatic carbocycles. The Hall–Kier alpha value is -1.97. The molecule has 1 saturated carbocycles. The van der Waals surface area contributed by atoms with Gasteiger partial charge in [-0.25, -0.2) is 9.29 Å². The Morgan fingerprint density at radius 1 is 1.05 bits per heavy atom. The highest BCUT2D eigenvalue weighted by atomic mass is 19.1. The van der Waals surface area contributed by atoms with Crippen LogP contribution in [0.1, 0.15) is 18.4 Å². The SMILES string of the molecule is Cc1ccc(F)c(N2C(=O)[C@@H]3[C@H](C2=O)[C@H]2C=C[C@H]3CC2)c1. The van der Waals surface area contributed by atoms with Gasteiger partial charge in [0.05, 0.1) is 17.5 Å². The lowest BCUT2D eigenvalue weighted by Gasteiger charge is -2.38. The first-order valence-electron chi connectivity index (χ1n) is 7.40. The molecule has 3 nitrogen and oxygen atoms in total. The molecule has 1 aromatic rings. The van der Waals surface area contributed by atoms with Crippen molar-refractivity contribution in [3.63, 3.8) is 0 Å². The van der Waals surface area contributed by atoms with Crippen molar-refractivity contribution in [2.24, 2.45) is 23.7 Å². The van der Waals surface area contributed by atoms with Gasteiger partial charge in [0.1, 0.15) is 5.82 Å². The van der Waals surface area contributed by atoms with E-state index >= 15 is 0 Å². The molecule has 108 valence electrons. The van der Waals surface area contributed by atoms with Crippen LogP contribution >= 0.6 is 0 Å². The van der Waals surface area contributed by atoms with Crippen molar-refractivity contribution in [2.75, 3.05) is 4.90 Å². The maximum absolute atomic E-state index is 14.1. The predicted octanol–water partition coefficient (Wildman–Crippen LogP) is 2.84. The summed E-state index contributed by atoms with van der Waals surface area (Å²) in [6.45, 7) is 1.83. The molecule has 1 aliphatic heterocycles. The summed E-state index contributed by atoms with van der Waals surface area (Å²) in [4.78, 5) is 26.5. The molecule has 4 heteroatoms. The van der Waals surface area contributed by atoms with E-state index in [0.29, 0.717) is 0 Å². The number of carbonyl (C=O) groups excluding carboxylic acids is 2. The van der Waals surface area contributed by atoms with Gasteiger partial charge < -0.3 is 0 Å². The lowest BCUT2D eigenvalue weighted by atomic mass is 9.63. The summed E-state index contributed by atoms with van der Waals surface area (Å²) >= 11 is 0. The molecule has 5 rings (SSSR count). The lowest BCUT2D eigenvalue weighted by Crippen LogP contribution is -2.38. The predicted molar refractivity (Wildman–Crippen MR) is 76.0 cm³/mol.